The van der Waals surface area contributed by atoms with E-state index >= 15 is 0 Å². The lowest BCUT2D eigenvalue weighted by Gasteiger charge is -2.28. The Morgan fingerprint density at radius 2 is 2.29 bits per heavy atom. The van der Waals surface area contributed by atoms with Gasteiger partial charge in [0, 0.05) is 30.2 Å². The van der Waals surface area contributed by atoms with E-state index < -0.39 is 0 Å². The minimum atomic E-state index is -0.102. The van der Waals surface area contributed by atoms with Crippen molar-refractivity contribution in [1.82, 2.24) is 15.2 Å². The van der Waals surface area contributed by atoms with Gasteiger partial charge in [-0.25, -0.2) is 0 Å². The fraction of sp³-hybridized carbons (Fsp3) is 0.312. The van der Waals surface area contributed by atoms with Crippen LogP contribution in [0.2, 0.25) is 0 Å². The predicted octanol–water partition coefficient (Wildman–Crippen LogP) is 1.33. The third-order valence-corrected chi connectivity index (χ3v) is 3.84. The summed E-state index contributed by atoms with van der Waals surface area (Å²) >= 11 is 0. The fourth-order valence-corrected chi connectivity index (χ4v) is 2.70. The number of carbonyl (C=O) groups is 1. The number of aromatic amines is 1. The lowest BCUT2D eigenvalue weighted by atomic mass is 10.1. The van der Waals surface area contributed by atoms with Gasteiger partial charge in [-0.2, -0.15) is 0 Å². The van der Waals surface area contributed by atoms with Gasteiger partial charge in [0.25, 0.3) is 0 Å². The zero-order chi connectivity index (χ0) is 14.7. The number of fused-ring (bicyclic) bond motifs is 1. The summed E-state index contributed by atoms with van der Waals surface area (Å²) in [5.74, 6) is -0.102. The van der Waals surface area contributed by atoms with Crippen LogP contribution in [0.3, 0.4) is 0 Å². The van der Waals surface area contributed by atoms with Crippen molar-refractivity contribution in [3.63, 3.8) is 0 Å². The molecule has 1 atom stereocenters. The van der Waals surface area contributed by atoms with E-state index in [1.54, 1.807) is 0 Å². The molecule has 0 spiro atoms. The minimum Gasteiger partial charge on any atom is -0.373 e. The quantitative estimate of drug-likeness (QED) is 0.793. The largest absolute Gasteiger partial charge is 0.373 e. The maximum absolute atomic E-state index is 11.3. The molecule has 1 aliphatic rings. The van der Waals surface area contributed by atoms with Gasteiger partial charge in [0.15, 0.2) is 0 Å². The summed E-state index contributed by atoms with van der Waals surface area (Å²) in [7, 11) is 0. The first-order valence-corrected chi connectivity index (χ1v) is 7.23. The molecule has 1 aromatic heterocycles. The average molecular weight is 284 g/mol. The molecule has 2 heterocycles. The maximum Gasteiger partial charge on any atom is 0.234 e. The molecule has 1 aromatic carbocycles. The van der Waals surface area contributed by atoms with Crippen molar-refractivity contribution in [2.75, 3.05) is 13.1 Å². The molecule has 0 radical (unpaired) electrons. The Labute approximate surface area is 123 Å². The highest BCUT2D eigenvalue weighted by molar-refractivity contribution is 5.83. The van der Waals surface area contributed by atoms with Crippen molar-refractivity contribution >= 4 is 16.8 Å². The van der Waals surface area contributed by atoms with E-state index in [2.05, 4.69) is 45.8 Å². The maximum atomic E-state index is 11.3. The number of amides is 1. The summed E-state index contributed by atoms with van der Waals surface area (Å²) in [4.78, 5) is 16.8. The zero-order valence-corrected chi connectivity index (χ0v) is 11.9. The summed E-state index contributed by atoms with van der Waals surface area (Å²) in [5, 5.41) is 4.16. The molecule has 1 amide bonds. The molecule has 0 saturated heterocycles. The molecule has 0 saturated carbocycles. The van der Waals surface area contributed by atoms with Crippen molar-refractivity contribution in [2.45, 2.75) is 19.0 Å². The van der Waals surface area contributed by atoms with Gasteiger partial charge in [-0.3, -0.25) is 4.79 Å². The number of nitrogens with two attached hydrogens (primary N) is 1. The van der Waals surface area contributed by atoms with E-state index in [9.17, 15) is 4.79 Å². The number of hydrogen-bond acceptors (Lipinski definition) is 3. The number of H-pyrrole nitrogens is 1. The number of nitrogens with one attached hydrogen (secondary N) is 2. The Morgan fingerprint density at radius 1 is 1.43 bits per heavy atom. The van der Waals surface area contributed by atoms with Crippen LogP contribution in [0.15, 0.2) is 42.7 Å². The van der Waals surface area contributed by atoms with Gasteiger partial charge in [0.1, 0.15) is 0 Å². The summed E-state index contributed by atoms with van der Waals surface area (Å²) in [6, 6.07) is 8.42. The van der Waals surface area contributed by atoms with E-state index in [1.165, 1.54) is 16.5 Å². The molecule has 5 nitrogen and oxygen atoms in total. The normalized spacial score (nSPS) is 18.1. The molecule has 0 unspecified atom stereocenters. The first kappa shape index (κ1) is 13.7. The molecule has 0 bridgehead atoms. The summed E-state index contributed by atoms with van der Waals surface area (Å²) < 4.78 is 0. The van der Waals surface area contributed by atoms with Crippen LogP contribution < -0.4 is 11.1 Å². The van der Waals surface area contributed by atoms with Gasteiger partial charge < -0.3 is 20.9 Å². The van der Waals surface area contributed by atoms with Crippen molar-refractivity contribution in [3.8, 4) is 0 Å². The molecule has 110 valence electrons. The van der Waals surface area contributed by atoms with E-state index in [0.29, 0.717) is 0 Å². The summed E-state index contributed by atoms with van der Waals surface area (Å²) in [6.45, 7) is 1.84. The number of para-hydroxylation sites is 1. The van der Waals surface area contributed by atoms with E-state index in [0.717, 1.165) is 19.5 Å². The van der Waals surface area contributed by atoms with Crippen LogP contribution in [0, 0.1) is 0 Å². The predicted molar refractivity (Wildman–Crippen MR) is 83.5 cm³/mol. The fourth-order valence-electron chi connectivity index (χ4n) is 2.70. The van der Waals surface area contributed by atoms with Gasteiger partial charge in [-0.05, 0) is 30.3 Å². The molecular formula is C16H20N4O. The van der Waals surface area contributed by atoms with Crippen LogP contribution in [0.4, 0.5) is 0 Å². The van der Waals surface area contributed by atoms with Gasteiger partial charge in [-0.15, -0.1) is 0 Å². The topological polar surface area (TPSA) is 74.2 Å². The molecule has 0 fully saturated rings. The van der Waals surface area contributed by atoms with Crippen molar-refractivity contribution in [3.05, 3.63) is 48.3 Å². The summed E-state index contributed by atoms with van der Waals surface area (Å²) in [6.07, 6.45) is 7.07. The molecule has 0 aliphatic carbocycles. The van der Waals surface area contributed by atoms with Crippen LogP contribution in [0.1, 0.15) is 12.0 Å². The van der Waals surface area contributed by atoms with Crippen LogP contribution in [-0.4, -0.2) is 34.9 Å². The third kappa shape index (κ3) is 3.08. The molecular weight excluding hydrogens is 264 g/mol. The van der Waals surface area contributed by atoms with Crippen LogP contribution in [0.25, 0.3) is 10.9 Å². The van der Waals surface area contributed by atoms with Crippen molar-refractivity contribution in [1.29, 1.82) is 0 Å². The first-order chi connectivity index (χ1) is 10.3. The van der Waals surface area contributed by atoms with Crippen LogP contribution in [-0.2, 0) is 11.3 Å². The second-order valence-corrected chi connectivity index (χ2v) is 5.34. The highest BCUT2D eigenvalue weighted by Gasteiger charge is 2.15. The second-order valence-electron chi connectivity index (χ2n) is 5.34. The lowest BCUT2D eigenvalue weighted by Crippen LogP contribution is -2.41. The van der Waals surface area contributed by atoms with Gasteiger partial charge in [0.05, 0.1) is 12.6 Å². The smallest absolute Gasteiger partial charge is 0.234 e. The van der Waals surface area contributed by atoms with Crippen molar-refractivity contribution < 1.29 is 4.79 Å². The molecule has 4 N–H and O–H groups in total. The minimum absolute atomic E-state index is 0.0450. The van der Waals surface area contributed by atoms with Crippen molar-refractivity contribution in [2.24, 2.45) is 5.73 Å². The third-order valence-electron chi connectivity index (χ3n) is 3.84. The Bertz CT molecular complexity index is 661. The van der Waals surface area contributed by atoms with Crippen LogP contribution >= 0.6 is 0 Å². The Morgan fingerprint density at radius 3 is 3.05 bits per heavy atom. The van der Waals surface area contributed by atoms with Crippen LogP contribution in [0.5, 0.6) is 0 Å². The number of benzene rings is 1. The SMILES string of the molecule is NCC(=O)N[C@H]1C=CN(Cc2c[nH]c3ccccc23)CC1. The number of hydrogen-bond donors (Lipinski definition) is 3. The van der Waals surface area contributed by atoms with Gasteiger partial charge >= 0.3 is 0 Å². The highest BCUT2D eigenvalue weighted by Crippen LogP contribution is 2.20. The lowest BCUT2D eigenvalue weighted by molar-refractivity contribution is -0.120. The Hall–Kier alpha value is -2.27. The van der Waals surface area contributed by atoms with Gasteiger partial charge in [-0.1, -0.05) is 18.2 Å². The second kappa shape index (κ2) is 6.01. The number of aromatic nitrogens is 1. The Balaban J connectivity index is 1.64. The highest BCUT2D eigenvalue weighted by atomic mass is 16.1. The molecule has 3 rings (SSSR count). The standard InChI is InChI=1S/C16H20N4O/c17-9-16(21)19-13-5-7-20(8-6-13)11-12-10-18-15-4-2-1-3-14(12)15/h1-5,7,10,13,18H,6,8-9,11,17H2,(H,19,21)/t13-/m0/s1. The molecule has 21 heavy (non-hydrogen) atoms. The number of rotatable bonds is 4. The summed E-state index contributed by atoms with van der Waals surface area (Å²) in [5.41, 5.74) is 7.77. The molecule has 1 aliphatic heterocycles. The molecule has 5 heteroatoms. The number of nitrogens with zero attached hydrogens (tertiary/aromatic N) is 1. The van der Waals surface area contributed by atoms with E-state index in [-0.39, 0.29) is 18.5 Å². The van der Waals surface area contributed by atoms with Gasteiger partial charge in [0.2, 0.25) is 5.91 Å². The first-order valence-electron chi connectivity index (χ1n) is 7.23. The zero-order valence-electron chi connectivity index (χ0n) is 11.9. The monoisotopic (exact) mass is 284 g/mol. The van der Waals surface area contributed by atoms with E-state index in [4.69, 9.17) is 5.73 Å². The average Bonchev–Trinajstić information content (AvgIpc) is 2.92. The Kier molecular flexibility index (Phi) is 3.92. The number of carbonyl (C=O) groups excluding carboxylic acids is 1. The van der Waals surface area contributed by atoms with E-state index in [1.807, 2.05) is 12.1 Å². The molecule has 2 aromatic rings.